The van der Waals surface area contributed by atoms with E-state index in [0.29, 0.717) is 0 Å². The van der Waals surface area contributed by atoms with Crippen LogP contribution in [0.4, 0.5) is 0 Å². The van der Waals surface area contributed by atoms with E-state index in [1.807, 2.05) is 0 Å². The van der Waals surface area contributed by atoms with E-state index < -0.39 is 0 Å². The van der Waals surface area contributed by atoms with E-state index in [9.17, 15) is 0 Å². The molecule has 0 fully saturated rings. The maximum Gasteiger partial charge on any atom is 0.100 e. The first kappa shape index (κ1) is 25.7. The van der Waals surface area contributed by atoms with Gasteiger partial charge in [-0.1, -0.05) is 96.8 Å². The second kappa shape index (κ2) is 18.1. The van der Waals surface area contributed by atoms with Gasteiger partial charge in [0.2, 0.25) is 0 Å². The van der Waals surface area contributed by atoms with Gasteiger partial charge in [0, 0.05) is 13.0 Å². The van der Waals surface area contributed by atoms with Gasteiger partial charge in [0.1, 0.15) is 5.84 Å². The Morgan fingerprint density at radius 2 is 1.23 bits per heavy atom. The molecule has 0 bridgehead atoms. The molecule has 0 aromatic heterocycles. The molecule has 1 atom stereocenters. The molecule has 1 aliphatic rings. The molecule has 156 valence electrons. The highest BCUT2D eigenvalue weighted by Crippen LogP contribution is 2.15. The molecular weight excluding hydrogens is 342 g/mol. The number of aliphatic imine (C=N–C) groups is 1. The zero-order valence-electron chi connectivity index (χ0n) is 17.7. The SMILES string of the molecule is CCCCCCCCCCCCCCCCCC1=NCCN1C(C)N.Cl. The third-order valence-corrected chi connectivity index (χ3v) is 5.46. The van der Waals surface area contributed by atoms with E-state index in [1.54, 1.807) is 0 Å². The quantitative estimate of drug-likeness (QED) is 0.282. The van der Waals surface area contributed by atoms with Crippen molar-refractivity contribution in [1.29, 1.82) is 0 Å². The van der Waals surface area contributed by atoms with Gasteiger partial charge in [0.25, 0.3) is 0 Å². The Hall–Kier alpha value is -0.280. The number of amidine groups is 1. The van der Waals surface area contributed by atoms with Crippen molar-refractivity contribution in [2.45, 2.75) is 123 Å². The largest absolute Gasteiger partial charge is 0.343 e. The van der Waals surface area contributed by atoms with Crippen LogP contribution in [0.3, 0.4) is 0 Å². The Morgan fingerprint density at radius 1 is 0.808 bits per heavy atom. The molecule has 4 heteroatoms. The van der Waals surface area contributed by atoms with Gasteiger partial charge in [-0.25, -0.2) is 0 Å². The highest BCUT2D eigenvalue weighted by molar-refractivity contribution is 5.85. The van der Waals surface area contributed by atoms with Gasteiger partial charge < -0.3 is 10.6 Å². The average Bonchev–Trinajstić information content (AvgIpc) is 3.07. The van der Waals surface area contributed by atoms with E-state index in [2.05, 4.69) is 23.7 Å². The molecule has 0 saturated heterocycles. The summed E-state index contributed by atoms with van der Waals surface area (Å²) in [5.41, 5.74) is 5.99. The fourth-order valence-corrected chi connectivity index (χ4v) is 3.82. The smallest absolute Gasteiger partial charge is 0.100 e. The lowest BCUT2D eigenvalue weighted by Gasteiger charge is -2.24. The zero-order valence-corrected chi connectivity index (χ0v) is 18.5. The highest BCUT2D eigenvalue weighted by Gasteiger charge is 2.18. The van der Waals surface area contributed by atoms with Crippen LogP contribution in [-0.4, -0.2) is 30.0 Å². The molecule has 1 aliphatic heterocycles. The average molecular weight is 388 g/mol. The van der Waals surface area contributed by atoms with Crippen molar-refractivity contribution in [3.05, 3.63) is 0 Å². The molecule has 0 radical (unpaired) electrons. The van der Waals surface area contributed by atoms with Crippen molar-refractivity contribution in [3.8, 4) is 0 Å². The molecule has 0 saturated carbocycles. The minimum Gasteiger partial charge on any atom is -0.343 e. The van der Waals surface area contributed by atoms with Crippen LogP contribution in [0.15, 0.2) is 4.99 Å². The summed E-state index contributed by atoms with van der Waals surface area (Å²) in [7, 11) is 0. The fourth-order valence-electron chi connectivity index (χ4n) is 3.82. The number of unbranched alkanes of at least 4 members (excludes halogenated alkanes) is 14. The van der Waals surface area contributed by atoms with Crippen LogP contribution < -0.4 is 5.73 Å². The topological polar surface area (TPSA) is 41.6 Å². The lowest BCUT2D eigenvalue weighted by atomic mass is 10.0. The van der Waals surface area contributed by atoms with Crippen molar-refractivity contribution in [2.75, 3.05) is 13.1 Å². The summed E-state index contributed by atoms with van der Waals surface area (Å²) < 4.78 is 0. The van der Waals surface area contributed by atoms with Crippen LogP contribution in [0.25, 0.3) is 0 Å². The van der Waals surface area contributed by atoms with Gasteiger partial charge in [-0.15, -0.1) is 12.4 Å². The van der Waals surface area contributed by atoms with Crippen molar-refractivity contribution < 1.29 is 0 Å². The maximum atomic E-state index is 5.99. The summed E-state index contributed by atoms with van der Waals surface area (Å²) in [5, 5.41) is 0. The van der Waals surface area contributed by atoms with Gasteiger partial charge in [-0.3, -0.25) is 4.99 Å². The first-order chi connectivity index (χ1) is 12.3. The maximum absolute atomic E-state index is 5.99. The van der Waals surface area contributed by atoms with Crippen LogP contribution in [-0.2, 0) is 0 Å². The highest BCUT2D eigenvalue weighted by atomic mass is 35.5. The van der Waals surface area contributed by atoms with E-state index in [1.165, 1.54) is 102 Å². The summed E-state index contributed by atoms with van der Waals surface area (Å²) >= 11 is 0. The van der Waals surface area contributed by atoms with Crippen molar-refractivity contribution in [1.82, 2.24) is 4.90 Å². The summed E-state index contributed by atoms with van der Waals surface area (Å²) in [6.45, 7) is 6.31. The second-order valence-electron chi connectivity index (χ2n) is 7.93. The van der Waals surface area contributed by atoms with Crippen LogP contribution in [0.2, 0.25) is 0 Å². The van der Waals surface area contributed by atoms with Gasteiger partial charge in [-0.05, 0) is 13.3 Å². The lowest BCUT2D eigenvalue weighted by molar-refractivity contribution is 0.358. The van der Waals surface area contributed by atoms with Crippen LogP contribution in [0, 0.1) is 0 Å². The third kappa shape index (κ3) is 13.0. The Balaban J connectivity index is 0.00000625. The molecule has 2 N–H and O–H groups in total. The molecule has 0 spiro atoms. The van der Waals surface area contributed by atoms with E-state index in [-0.39, 0.29) is 18.6 Å². The van der Waals surface area contributed by atoms with Crippen molar-refractivity contribution in [3.63, 3.8) is 0 Å². The molecule has 0 aromatic carbocycles. The predicted octanol–water partition coefficient (Wildman–Crippen LogP) is 6.69. The summed E-state index contributed by atoms with van der Waals surface area (Å²) in [6.07, 6.45) is 22.6. The van der Waals surface area contributed by atoms with E-state index in [4.69, 9.17) is 5.73 Å². The molecule has 0 aliphatic carbocycles. The van der Waals surface area contributed by atoms with Crippen LogP contribution in [0.1, 0.15) is 117 Å². The van der Waals surface area contributed by atoms with Crippen LogP contribution >= 0.6 is 12.4 Å². The molecule has 3 nitrogen and oxygen atoms in total. The normalized spacial score (nSPS) is 15.0. The van der Waals surface area contributed by atoms with Gasteiger partial charge in [0.15, 0.2) is 0 Å². The zero-order chi connectivity index (χ0) is 18.2. The molecule has 26 heavy (non-hydrogen) atoms. The monoisotopic (exact) mass is 387 g/mol. The standard InChI is InChI=1S/C22H45N3.ClH/c1-3-4-5-6-7-8-9-10-11-12-13-14-15-16-17-18-22-24-19-20-25(22)21(2)23;/h21H,3-20,23H2,1-2H3;1H. The Bertz CT molecular complexity index is 331. The minimum atomic E-state index is 0. The number of halogens is 1. The lowest BCUT2D eigenvalue weighted by Crippen LogP contribution is -2.41. The van der Waals surface area contributed by atoms with Crippen molar-refractivity contribution in [2.24, 2.45) is 10.7 Å². The molecule has 1 heterocycles. The van der Waals surface area contributed by atoms with Gasteiger partial charge >= 0.3 is 0 Å². The van der Waals surface area contributed by atoms with E-state index >= 15 is 0 Å². The first-order valence-electron chi connectivity index (χ1n) is 11.3. The number of hydrogen-bond donors (Lipinski definition) is 1. The number of rotatable bonds is 17. The van der Waals surface area contributed by atoms with Crippen LogP contribution in [0.5, 0.6) is 0 Å². The van der Waals surface area contributed by atoms with Gasteiger partial charge in [-0.2, -0.15) is 0 Å². The number of nitrogens with zero attached hydrogens (tertiary/aromatic N) is 2. The molecule has 1 rings (SSSR count). The minimum absolute atomic E-state index is 0. The Kier molecular flexibility index (Phi) is 17.9. The number of hydrogen-bond acceptors (Lipinski definition) is 3. The molecule has 1 unspecified atom stereocenters. The molecular formula is C22H46ClN3. The molecule has 0 amide bonds. The Morgan fingerprint density at radius 3 is 1.65 bits per heavy atom. The fraction of sp³-hybridized carbons (Fsp3) is 0.955. The summed E-state index contributed by atoms with van der Waals surface area (Å²) in [6, 6.07) is 0. The first-order valence-corrected chi connectivity index (χ1v) is 11.3. The summed E-state index contributed by atoms with van der Waals surface area (Å²) in [4.78, 5) is 6.87. The Labute approximate surface area is 170 Å². The third-order valence-electron chi connectivity index (χ3n) is 5.46. The predicted molar refractivity (Wildman–Crippen MR) is 119 cm³/mol. The second-order valence-corrected chi connectivity index (χ2v) is 7.93. The molecule has 0 aromatic rings. The van der Waals surface area contributed by atoms with E-state index in [0.717, 1.165) is 19.5 Å². The number of nitrogens with two attached hydrogens (primary N) is 1. The van der Waals surface area contributed by atoms with Crippen molar-refractivity contribution >= 4 is 18.2 Å². The summed E-state index contributed by atoms with van der Waals surface area (Å²) in [5.74, 6) is 1.25. The van der Waals surface area contributed by atoms with Gasteiger partial charge in [0.05, 0.1) is 12.7 Å².